The lowest BCUT2D eigenvalue weighted by Gasteiger charge is -2.35. The van der Waals surface area contributed by atoms with Gasteiger partial charge in [-0.15, -0.1) is 0 Å². The van der Waals surface area contributed by atoms with Crippen LogP contribution in [-0.2, 0) is 9.59 Å². The largest absolute Gasteiger partial charge is 0.490 e. The molecule has 5 heteroatoms. The molecule has 5 rings (SSSR count). The number of amides is 1. The molecule has 2 saturated carbocycles. The Labute approximate surface area is 188 Å². The Morgan fingerprint density at radius 1 is 1.09 bits per heavy atom. The number of Topliss-reactive ketones (excluding diaryl/α,β-unsaturated/α-hetero) is 1. The first-order valence-electron chi connectivity index (χ1n) is 11.6. The van der Waals surface area contributed by atoms with E-state index in [-0.39, 0.29) is 17.8 Å². The summed E-state index contributed by atoms with van der Waals surface area (Å²) in [5.41, 5.74) is 3.90. The first kappa shape index (κ1) is 20.8. The molecule has 3 aromatic rings. The summed E-state index contributed by atoms with van der Waals surface area (Å²) in [5.74, 6) is 1.63. The number of hydrogen-bond acceptors (Lipinski definition) is 3. The van der Waals surface area contributed by atoms with Crippen LogP contribution < -0.4 is 10.1 Å². The fraction of sp³-hybridized carbons (Fsp3) is 0.407. The zero-order valence-electron chi connectivity index (χ0n) is 18.7. The van der Waals surface area contributed by atoms with Crippen LogP contribution in [0.1, 0.15) is 62.5 Å². The second-order valence-electron chi connectivity index (χ2n) is 9.78. The zero-order valence-corrected chi connectivity index (χ0v) is 18.7. The van der Waals surface area contributed by atoms with E-state index in [4.69, 9.17) is 4.74 Å². The maximum Gasteiger partial charge on any atom is 0.230 e. The molecule has 2 N–H and O–H groups in total. The molecular weight excluding hydrogens is 400 g/mol. The quantitative estimate of drug-likeness (QED) is 0.530. The van der Waals surface area contributed by atoms with Gasteiger partial charge in [-0.25, -0.2) is 0 Å². The standard InChI is InChI=1S/C27H30N2O3/c1-17-3-5-18(6-4-17)19-13-22(14-19)32-21-7-8-24-23(15-21)25(16-28-24)29-26(31)27(2)11-9-20(30)10-12-27/h3-8,15-16,19,22,28H,9-14H2,1-2H3,(H,29,31). The number of anilines is 1. The SMILES string of the molecule is Cc1ccc(C2CC(Oc3ccc4[nH]cc(NC(=O)C5(C)CCC(=O)CC5)c4c3)C2)cc1. The first-order chi connectivity index (χ1) is 15.4. The summed E-state index contributed by atoms with van der Waals surface area (Å²) in [5, 5.41) is 4.04. The monoisotopic (exact) mass is 430 g/mol. The molecule has 0 radical (unpaired) electrons. The summed E-state index contributed by atoms with van der Waals surface area (Å²) in [6.45, 7) is 4.07. The number of aryl methyl sites for hydroxylation is 1. The highest BCUT2D eigenvalue weighted by molar-refractivity contribution is 6.04. The van der Waals surface area contributed by atoms with Crippen molar-refractivity contribution in [1.29, 1.82) is 0 Å². The number of ether oxygens (including phenoxy) is 1. The highest BCUT2D eigenvalue weighted by atomic mass is 16.5. The number of ketones is 1. The van der Waals surface area contributed by atoms with Crippen LogP contribution in [0.5, 0.6) is 5.75 Å². The predicted molar refractivity (Wildman–Crippen MR) is 126 cm³/mol. The van der Waals surface area contributed by atoms with Gasteiger partial charge in [-0.2, -0.15) is 0 Å². The van der Waals surface area contributed by atoms with E-state index in [0.717, 1.165) is 35.2 Å². The third kappa shape index (κ3) is 4.04. The molecule has 2 aliphatic rings. The second kappa shape index (κ2) is 8.12. The molecule has 2 aliphatic carbocycles. The summed E-state index contributed by atoms with van der Waals surface area (Å²) >= 11 is 0. The first-order valence-corrected chi connectivity index (χ1v) is 11.6. The number of nitrogens with one attached hydrogen (secondary N) is 2. The molecule has 166 valence electrons. The van der Waals surface area contributed by atoms with Crippen molar-refractivity contribution in [3.8, 4) is 5.75 Å². The van der Waals surface area contributed by atoms with Gasteiger partial charge in [0.15, 0.2) is 0 Å². The average molecular weight is 431 g/mol. The molecular formula is C27H30N2O3. The van der Waals surface area contributed by atoms with E-state index in [9.17, 15) is 9.59 Å². The van der Waals surface area contributed by atoms with Crippen LogP contribution in [-0.4, -0.2) is 22.8 Å². The van der Waals surface area contributed by atoms with Gasteiger partial charge in [0, 0.05) is 35.4 Å². The summed E-state index contributed by atoms with van der Waals surface area (Å²) in [7, 11) is 0. The highest BCUT2D eigenvalue weighted by Gasteiger charge is 2.37. The molecule has 1 heterocycles. The van der Waals surface area contributed by atoms with Crippen LogP contribution in [0.15, 0.2) is 48.7 Å². The molecule has 0 atom stereocenters. The number of aromatic nitrogens is 1. The minimum Gasteiger partial charge on any atom is -0.490 e. The lowest BCUT2D eigenvalue weighted by atomic mass is 9.74. The summed E-state index contributed by atoms with van der Waals surface area (Å²) < 4.78 is 6.25. The maximum absolute atomic E-state index is 13.0. The Morgan fingerprint density at radius 3 is 2.53 bits per heavy atom. The lowest BCUT2D eigenvalue weighted by Crippen LogP contribution is -2.37. The predicted octanol–water partition coefficient (Wildman–Crippen LogP) is 5.89. The van der Waals surface area contributed by atoms with Crippen molar-refractivity contribution in [2.24, 2.45) is 5.41 Å². The molecule has 0 aliphatic heterocycles. The molecule has 0 unspecified atom stereocenters. The number of H-pyrrole nitrogens is 1. The summed E-state index contributed by atoms with van der Waals surface area (Å²) in [6, 6.07) is 14.8. The van der Waals surface area contributed by atoms with Crippen molar-refractivity contribution in [2.75, 3.05) is 5.32 Å². The van der Waals surface area contributed by atoms with Crippen LogP contribution in [0.3, 0.4) is 0 Å². The van der Waals surface area contributed by atoms with E-state index in [0.29, 0.717) is 31.6 Å². The van der Waals surface area contributed by atoms with E-state index in [1.54, 1.807) is 0 Å². The van der Waals surface area contributed by atoms with Crippen LogP contribution in [0, 0.1) is 12.3 Å². The molecule has 0 saturated heterocycles. The molecule has 2 fully saturated rings. The minimum atomic E-state index is -0.497. The van der Waals surface area contributed by atoms with Gasteiger partial charge in [-0.1, -0.05) is 36.8 Å². The number of carbonyl (C=O) groups excluding carboxylic acids is 2. The van der Waals surface area contributed by atoms with Crippen molar-refractivity contribution in [3.05, 3.63) is 59.8 Å². The van der Waals surface area contributed by atoms with Gasteiger partial charge in [0.25, 0.3) is 0 Å². The molecule has 32 heavy (non-hydrogen) atoms. The normalized spacial score (nSPS) is 22.4. The van der Waals surface area contributed by atoms with Gasteiger partial charge in [0.05, 0.1) is 11.8 Å². The third-order valence-corrected chi connectivity index (χ3v) is 7.31. The number of benzene rings is 2. The molecule has 0 bridgehead atoms. The Bertz CT molecular complexity index is 1150. The van der Waals surface area contributed by atoms with Gasteiger partial charge in [-0.05, 0) is 62.3 Å². The number of carbonyl (C=O) groups is 2. The van der Waals surface area contributed by atoms with Crippen LogP contribution in [0.4, 0.5) is 5.69 Å². The lowest BCUT2D eigenvalue weighted by molar-refractivity contribution is -0.130. The second-order valence-corrected chi connectivity index (χ2v) is 9.78. The molecule has 5 nitrogen and oxygen atoms in total. The molecule has 1 amide bonds. The maximum atomic E-state index is 13.0. The van der Waals surface area contributed by atoms with E-state index < -0.39 is 5.41 Å². The van der Waals surface area contributed by atoms with Gasteiger partial charge in [-0.3, -0.25) is 9.59 Å². The van der Waals surface area contributed by atoms with Crippen molar-refractivity contribution < 1.29 is 14.3 Å². The van der Waals surface area contributed by atoms with Gasteiger partial charge in [0.1, 0.15) is 11.5 Å². The fourth-order valence-electron chi connectivity index (χ4n) is 4.82. The smallest absolute Gasteiger partial charge is 0.230 e. The number of hydrogen-bond donors (Lipinski definition) is 2. The van der Waals surface area contributed by atoms with Gasteiger partial charge >= 0.3 is 0 Å². The number of fused-ring (bicyclic) bond motifs is 1. The third-order valence-electron chi connectivity index (χ3n) is 7.31. The number of rotatable bonds is 5. The zero-order chi connectivity index (χ0) is 22.3. The highest BCUT2D eigenvalue weighted by Crippen LogP contribution is 2.40. The van der Waals surface area contributed by atoms with Crippen LogP contribution in [0.25, 0.3) is 10.9 Å². The minimum absolute atomic E-state index is 0.0165. The number of aromatic amines is 1. The fourth-order valence-corrected chi connectivity index (χ4v) is 4.82. The Morgan fingerprint density at radius 2 is 1.81 bits per heavy atom. The van der Waals surface area contributed by atoms with Crippen LogP contribution in [0.2, 0.25) is 0 Å². The average Bonchev–Trinajstić information content (AvgIpc) is 3.15. The van der Waals surface area contributed by atoms with Crippen molar-refractivity contribution >= 4 is 28.3 Å². The van der Waals surface area contributed by atoms with E-state index in [1.165, 1.54) is 11.1 Å². The Hall–Kier alpha value is -3.08. The van der Waals surface area contributed by atoms with Crippen LogP contribution >= 0.6 is 0 Å². The van der Waals surface area contributed by atoms with E-state index >= 15 is 0 Å². The Kier molecular flexibility index (Phi) is 5.28. The molecule has 1 aromatic heterocycles. The molecule has 2 aromatic carbocycles. The van der Waals surface area contributed by atoms with Gasteiger partial charge < -0.3 is 15.0 Å². The summed E-state index contributed by atoms with van der Waals surface area (Å²) in [4.78, 5) is 27.8. The molecule has 0 spiro atoms. The topological polar surface area (TPSA) is 71.2 Å². The Balaban J connectivity index is 1.25. The van der Waals surface area contributed by atoms with Crippen molar-refractivity contribution in [3.63, 3.8) is 0 Å². The van der Waals surface area contributed by atoms with Crippen molar-refractivity contribution in [1.82, 2.24) is 4.98 Å². The van der Waals surface area contributed by atoms with Crippen molar-refractivity contribution in [2.45, 2.75) is 64.4 Å². The van der Waals surface area contributed by atoms with Gasteiger partial charge in [0.2, 0.25) is 5.91 Å². The van der Waals surface area contributed by atoms with E-state index in [2.05, 4.69) is 41.5 Å². The summed E-state index contributed by atoms with van der Waals surface area (Å²) in [6.07, 6.45) is 6.29. The van der Waals surface area contributed by atoms with E-state index in [1.807, 2.05) is 31.3 Å².